The molecule has 4 rings (SSSR count). The molecular formula is C23H27N3O2. The second-order valence-corrected chi connectivity index (χ2v) is 8.22. The van der Waals surface area contributed by atoms with Crippen LogP contribution in [-0.4, -0.2) is 49.7 Å². The van der Waals surface area contributed by atoms with Crippen molar-refractivity contribution in [3.63, 3.8) is 0 Å². The summed E-state index contributed by atoms with van der Waals surface area (Å²) in [5.74, 6) is -0.0876. The molecule has 146 valence electrons. The number of anilines is 1. The first-order valence-electron chi connectivity index (χ1n) is 10.1. The van der Waals surface area contributed by atoms with Gasteiger partial charge in [0.2, 0.25) is 0 Å². The highest BCUT2D eigenvalue weighted by atomic mass is 16.5. The molecule has 28 heavy (non-hydrogen) atoms. The smallest absolute Gasteiger partial charge is 0.307 e. The molecule has 0 amide bonds. The standard InChI is InChI=1S/C23H27N3O2/c1-25(2)12-11-23(27)28-19-13-17-8-9-18(14-19)26(17)22-10-7-16(15-24)20-5-3-4-6-21(20)22/h3-7,10,17-19H,8-9,11-14H2,1-2H3/t17-,18+,19?. The van der Waals surface area contributed by atoms with Gasteiger partial charge in [0.25, 0.3) is 0 Å². The van der Waals surface area contributed by atoms with Crippen molar-refractivity contribution in [1.29, 1.82) is 5.26 Å². The average Bonchev–Trinajstić information content (AvgIpc) is 2.95. The first kappa shape index (κ1) is 18.8. The lowest BCUT2D eigenvalue weighted by Gasteiger charge is -2.40. The van der Waals surface area contributed by atoms with Crippen LogP contribution in [0.1, 0.15) is 37.7 Å². The summed E-state index contributed by atoms with van der Waals surface area (Å²) in [6.07, 6.45) is 4.50. The van der Waals surface area contributed by atoms with Gasteiger partial charge in [0.05, 0.1) is 18.1 Å². The monoisotopic (exact) mass is 377 g/mol. The average molecular weight is 377 g/mol. The second-order valence-electron chi connectivity index (χ2n) is 8.22. The molecule has 2 aliphatic rings. The van der Waals surface area contributed by atoms with Gasteiger partial charge in [-0.15, -0.1) is 0 Å². The number of carbonyl (C=O) groups excluding carboxylic acids is 1. The highest BCUT2D eigenvalue weighted by molar-refractivity contribution is 5.98. The summed E-state index contributed by atoms with van der Waals surface area (Å²) in [5, 5.41) is 11.6. The molecule has 2 saturated heterocycles. The van der Waals surface area contributed by atoms with E-state index in [1.54, 1.807) is 0 Å². The Bertz CT molecular complexity index is 904. The lowest BCUT2D eigenvalue weighted by molar-refractivity contribution is -0.150. The van der Waals surface area contributed by atoms with E-state index in [1.165, 1.54) is 5.69 Å². The quantitative estimate of drug-likeness (QED) is 0.744. The summed E-state index contributed by atoms with van der Waals surface area (Å²) in [6, 6.07) is 15.3. The molecule has 3 atom stereocenters. The zero-order valence-electron chi connectivity index (χ0n) is 16.6. The predicted octanol–water partition coefficient (Wildman–Crippen LogP) is 3.71. The number of benzene rings is 2. The van der Waals surface area contributed by atoms with Gasteiger partial charge in [0, 0.05) is 47.9 Å². The zero-order chi connectivity index (χ0) is 19.7. The number of esters is 1. The minimum Gasteiger partial charge on any atom is -0.462 e. The van der Waals surface area contributed by atoms with E-state index in [1.807, 2.05) is 43.3 Å². The molecule has 1 unspecified atom stereocenters. The van der Waals surface area contributed by atoms with Crippen LogP contribution >= 0.6 is 0 Å². The molecule has 2 aromatic carbocycles. The summed E-state index contributed by atoms with van der Waals surface area (Å²) < 4.78 is 5.80. The molecule has 5 heteroatoms. The number of rotatable bonds is 5. The van der Waals surface area contributed by atoms with E-state index in [4.69, 9.17) is 4.74 Å². The summed E-state index contributed by atoms with van der Waals surface area (Å²) in [6.45, 7) is 0.724. The van der Waals surface area contributed by atoms with E-state index in [0.29, 0.717) is 18.5 Å². The minimum atomic E-state index is -0.0876. The summed E-state index contributed by atoms with van der Waals surface area (Å²) in [7, 11) is 3.93. The maximum Gasteiger partial charge on any atom is 0.307 e. The summed E-state index contributed by atoms with van der Waals surface area (Å²) in [5.41, 5.74) is 1.93. The van der Waals surface area contributed by atoms with Gasteiger partial charge < -0.3 is 14.5 Å². The van der Waals surface area contributed by atoms with Crippen molar-refractivity contribution < 1.29 is 9.53 Å². The van der Waals surface area contributed by atoms with Crippen LogP contribution < -0.4 is 4.90 Å². The van der Waals surface area contributed by atoms with Crippen molar-refractivity contribution in [1.82, 2.24) is 4.90 Å². The van der Waals surface area contributed by atoms with E-state index in [9.17, 15) is 10.1 Å². The van der Waals surface area contributed by atoms with Gasteiger partial charge in [-0.1, -0.05) is 24.3 Å². The SMILES string of the molecule is CN(C)CCC(=O)OC1C[C@H]2CC[C@@H](C1)N2c1ccc(C#N)c2ccccc12. The minimum absolute atomic E-state index is 0.0214. The van der Waals surface area contributed by atoms with Gasteiger partial charge in [-0.3, -0.25) is 4.79 Å². The molecule has 5 nitrogen and oxygen atoms in total. The van der Waals surface area contributed by atoms with Crippen LogP contribution in [0, 0.1) is 11.3 Å². The summed E-state index contributed by atoms with van der Waals surface area (Å²) in [4.78, 5) is 16.7. The van der Waals surface area contributed by atoms with Gasteiger partial charge >= 0.3 is 5.97 Å². The van der Waals surface area contributed by atoms with E-state index in [2.05, 4.69) is 23.1 Å². The fourth-order valence-electron chi connectivity index (χ4n) is 4.78. The number of nitrogens with zero attached hydrogens (tertiary/aromatic N) is 3. The molecule has 2 fully saturated rings. The van der Waals surface area contributed by atoms with Crippen LogP contribution in [0.4, 0.5) is 5.69 Å². The molecule has 0 saturated carbocycles. The molecule has 0 aliphatic carbocycles. The van der Waals surface area contributed by atoms with Crippen molar-refractivity contribution in [2.24, 2.45) is 0 Å². The second kappa shape index (κ2) is 7.81. The van der Waals surface area contributed by atoms with Crippen molar-refractivity contribution in [3.8, 4) is 6.07 Å². The first-order valence-corrected chi connectivity index (χ1v) is 10.1. The number of ether oxygens (including phenoxy) is 1. The van der Waals surface area contributed by atoms with Crippen molar-refractivity contribution in [2.45, 2.75) is 50.3 Å². The normalized spacial score (nSPS) is 23.8. The number of fused-ring (bicyclic) bond motifs is 3. The molecule has 2 heterocycles. The van der Waals surface area contributed by atoms with E-state index >= 15 is 0 Å². The maximum atomic E-state index is 12.2. The third-order valence-electron chi connectivity index (χ3n) is 6.05. The highest BCUT2D eigenvalue weighted by Crippen LogP contribution is 2.43. The molecule has 0 N–H and O–H groups in total. The number of hydrogen-bond acceptors (Lipinski definition) is 5. The topological polar surface area (TPSA) is 56.6 Å². The Hall–Kier alpha value is -2.58. The predicted molar refractivity (Wildman–Crippen MR) is 110 cm³/mol. The van der Waals surface area contributed by atoms with Crippen LogP contribution in [0.3, 0.4) is 0 Å². The number of hydrogen-bond donors (Lipinski definition) is 0. The van der Waals surface area contributed by atoms with Gasteiger partial charge in [-0.25, -0.2) is 0 Å². The van der Waals surface area contributed by atoms with Gasteiger partial charge in [-0.05, 0) is 39.1 Å². The van der Waals surface area contributed by atoms with Crippen LogP contribution in [0.15, 0.2) is 36.4 Å². The number of carbonyl (C=O) groups is 1. The van der Waals surface area contributed by atoms with E-state index in [-0.39, 0.29) is 12.1 Å². The van der Waals surface area contributed by atoms with Crippen LogP contribution in [0.25, 0.3) is 10.8 Å². The molecule has 2 aliphatic heterocycles. The molecule has 2 bridgehead atoms. The first-order chi connectivity index (χ1) is 13.6. The molecule has 0 spiro atoms. The Morgan fingerprint density at radius 1 is 1.14 bits per heavy atom. The Morgan fingerprint density at radius 3 is 2.46 bits per heavy atom. The number of nitriles is 1. The Kier molecular flexibility index (Phi) is 5.23. The Balaban J connectivity index is 1.53. The maximum absolute atomic E-state index is 12.2. The van der Waals surface area contributed by atoms with Crippen LogP contribution in [0.5, 0.6) is 0 Å². The summed E-state index contributed by atoms with van der Waals surface area (Å²) >= 11 is 0. The zero-order valence-corrected chi connectivity index (χ0v) is 16.6. The number of piperidine rings is 1. The van der Waals surface area contributed by atoms with Crippen LogP contribution in [0.2, 0.25) is 0 Å². The Labute approximate surface area is 166 Å². The largest absolute Gasteiger partial charge is 0.462 e. The molecular weight excluding hydrogens is 350 g/mol. The third kappa shape index (κ3) is 3.57. The van der Waals surface area contributed by atoms with Crippen molar-refractivity contribution in [3.05, 3.63) is 42.0 Å². The highest BCUT2D eigenvalue weighted by Gasteiger charge is 2.42. The molecule has 0 radical (unpaired) electrons. The third-order valence-corrected chi connectivity index (χ3v) is 6.05. The molecule has 2 aromatic rings. The van der Waals surface area contributed by atoms with Gasteiger partial charge in [0.1, 0.15) is 6.10 Å². The van der Waals surface area contributed by atoms with Crippen LogP contribution in [-0.2, 0) is 9.53 Å². The van der Waals surface area contributed by atoms with Gasteiger partial charge in [0.15, 0.2) is 0 Å². The van der Waals surface area contributed by atoms with Crippen molar-refractivity contribution in [2.75, 3.05) is 25.5 Å². The fourth-order valence-corrected chi connectivity index (χ4v) is 4.78. The fraction of sp³-hybridized carbons (Fsp3) is 0.478. The lowest BCUT2D eigenvalue weighted by atomic mass is 9.96. The lowest BCUT2D eigenvalue weighted by Crippen LogP contribution is -2.46. The Morgan fingerprint density at radius 2 is 1.82 bits per heavy atom. The van der Waals surface area contributed by atoms with E-state index < -0.39 is 0 Å². The molecule has 0 aromatic heterocycles. The van der Waals surface area contributed by atoms with Crippen molar-refractivity contribution >= 4 is 22.4 Å². The van der Waals surface area contributed by atoms with Gasteiger partial charge in [-0.2, -0.15) is 5.26 Å². The van der Waals surface area contributed by atoms with E-state index in [0.717, 1.165) is 48.6 Å².